The molecule has 1 aliphatic carbocycles. The van der Waals surface area contributed by atoms with E-state index < -0.39 is 0 Å². The molecule has 0 saturated heterocycles. The summed E-state index contributed by atoms with van der Waals surface area (Å²) >= 11 is 0. The van der Waals surface area contributed by atoms with Crippen LogP contribution in [-0.2, 0) is 4.79 Å². The molecular formula is C18H29N3O2. The Morgan fingerprint density at radius 1 is 1.26 bits per heavy atom. The van der Waals surface area contributed by atoms with E-state index >= 15 is 0 Å². The predicted molar refractivity (Wildman–Crippen MR) is 91.4 cm³/mol. The maximum Gasteiger partial charge on any atom is 0.312 e. The van der Waals surface area contributed by atoms with Gasteiger partial charge >= 0.3 is 5.97 Å². The van der Waals surface area contributed by atoms with Gasteiger partial charge in [-0.3, -0.25) is 4.79 Å². The fourth-order valence-corrected chi connectivity index (χ4v) is 3.16. The third-order valence-corrected chi connectivity index (χ3v) is 4.62. The van der Waals surface area contributed by atoms with Gasteiger partial charge in [0.05, 0.1) is 0 Å². The molecule has 5 nitrogen and oxygen atoms in total. The van der Waals surface area contributed by atoms with Gasteiger partial charge in [0.25, 0.3) is 0 Å². The third kappa shape index (κ3) is 5.48. The van der Waals surface area contributed by atoms with Gasteiger partial charge in [0.15, 0.2) is 0 Å². The standard InChI is InChI=1S/C18H29N3O2/c1-5-6-17(22)23-16-11-15(19-12-20-16)21-14-9-7-13(8-10-14)18(2,3)4/h11-14H,5-10H2,1-4H3,(H,19,20,21)/t13-,14+. The minimum atomic E-state index is -0.247. The van der Waals surface area contributed by atoms with Gasteiger partial charge in [-0.05, 0) is 43.4 Å². The highest BCUT2D eigenvalue weighted by atomic mass is 16.5. The number of hydrogen-bond donors (Lipinski definition) is 1. The first-order chi connectivity index (χ1) is 10.9. The Labute approximate surface area is 139 Å². The van der Waals surface area contributed by atoms with E-state index in [1.165, 1.54) is 19.2 Å². The molecule has 128 valence electrons. The molecule has 5 heteroatoms. The van der Waals surface area contributed by atoms with E-state index in [1.807, 2.05) is 6.92 Å². The fraction of sp³-hybridized carbons (Fsp3) is 0.722. The average molecular weight is 319 g/mol. The number of ether oxygens (including phenoxy) is 1. The van der Waals surface area contributed by atoms with Crippen LogP contribution in [0.4, 0.5) is 5.82 Å². The smallest absolute Gasteiger partial charge is 0.312 e. The van der Waals surface area contributed by atoms with Gasteiger partial charge in [0.2, 0.25) is 5.88 Å². The second kappa shape index (κ2) is 7.75. The van der Waals surface area contributed by atoms with E-state index in [1.54, 1.807) is 6.07 Å². The minimum absolute atomic E-state index is 0.247. The predicted octanol–water partition coefficient (Wildman–Crippen LogP) is 4.20. The van der Waals surface area contributed by atoms with Gasteiger partial charge in [0, 0.05) is 18.5 Å². The van der Waals surface area contributed by atoms with Crippen molar-refractivity contribution < 1.29 is 9.53 Å². The number of rotatable bonds is 5. The average Bonchev–Trinajstić information content (AvgIpc) is 2.47. The summed E-state index contributed by atoms with van der Waals surface area (Å²) in [6, 6.07) is 2.14. The van der Waals surface area contributed by atoms with Crippen molar-refractivity contribution in [2.45, 2.75) is 72.3 Å². The number of carbonyl (C=O) groups excluding carboxylic acids is 1. The number of nitrogens with zero attached hydrogens (tertiary/aromatic N) is 2. The molecule has 0 radical (unpaired) electrons. The molecule has 1 fully saturated rings. The molecule has 0 amide bonds. The Kier molecular flexibility index (Phi) is 5.97. The number of esters is 1. The largest absolute Gasteiger partial charge is 0.407 e. The Morgan fingerprint density at radius 2 is 1.96 bits per heavy atom. The van der Waals surface area contributed by atoms with Crippen molar-refractivity contribution in [2.24, 2.45) is 11.3 Å². The zero-order valence-electron chi connectivity index (χ0n) is 14.8. The molecule has 1 aromatic rings. The molecule has 1 saturated carbocycles. The van der Waals surface area contributed by atoms with Crippen LogP contribution in [0.15, 0.2) is 12.4 Å². The van der Waals surface area contributed by atoms with Crippen LogP contribution in [0.2, 0.25) is 0 Å². The second-order valence-corrected chi connectivity index (χ2v) is 7.52. The van der Waals surface area contributed by atoms with Crippen LogP contribution in [0.3, 0.4) is 0 Å². The molecule has 1 aliphatic rings. The van der Waals surface area contributed by atoms with Gasteiger partial charge < -0.3 is 10.1 Å². The Hall–Kier alpha value is -1.65. The summed E-state index contributed by atoms with van der Waals surface area (Å²) in [5.41, 5.74) is 0.389. The normalized spacial score (nSPS) is 21.7. The number of anilines is 1. The first-order valence-electron chi connectivity index (χ1n) is 8.67. The van der Waals surface area contributed by atoms with E-state index in [4.69, 9.17) is 4.74 Å². The molecule has 0 aromatic carbocycles. The van der Waals surface area contributed by atoms with Crippen molar-refractivity contribution >= 4 is 11.8 Å². The monoisotopic (exact) mass is 319 g/mol. The SMILES string of the molecule is CCCC(=O)Oc1cc(N[C@H]2CC[C@@H](C(C)(C)C)CC2)ncn1. The van der Waals surface area contributed by atoms with Crippen LogP contribution in [-0.4, -0.2) is 22.0 Å². The maximum absolute atomic E-state index is 11.5. The molecule has 1 N–H and O–H groups in total. The van der Waals surface area contributed by atoms with E-state index in [9.17, 15) is 4.79 Å². The van der Waals surface area contributed by atoms with E-state index in [-0.39, 0.29) is 5.97 Å². The molecule has 1 aromatic heterocycles. The lowest BCUT2D eigenvalue weighted by Gasteiger charge is -2.37. The molecular weight excluding hydrogens is 290 g/mol. The number of hydrogen-bond acceptors (Lipinski definition) is 5. The topological polar surface area (TPSA) is 64.1 Å². The van der Waals surface area contributed by atoms with Crippen LogP contribution < -0.4 is 10.1 Å². The van der Waals surface area contributed by atoms with Gasteiger partial charge in [-0.1, -0.05) is 27.7 Å². The summed E-state index contributed by atoms with van der Waals surface area (Å²) < 4.78 is 5.22. The molecule has 2 rings (SSSR count). The molecule has 0 atom stereocenters. The zero-order chi connectivity index (χ0) is 16.9. The summed E-state index contributed by atoms with van der Waals surface area (Å²) in [5.74, 6) is 1.60. The van der Waals surface area contributed by atoms with Crippen molar-refractivity contribution in [2.75, 3.05) is 5.32 Å². The van der Waals surface area contributed by atoms with Crippen LogP contribution in [0.25, 0.3) is 0 Å². The van der Waals surface area contributed by atoms with Gasteiger partial charge in [-0.15, -0.1) is 0 Å². The minimum Gasteiger partial charge on any atom is -0.407 e. The first-order valence-corrected chi connectivity index (χ1v) is 8.67. The highest BCUT2D eigenvalue weighted by Crippen LogP contribution is 2.38. The highest BCUT2D eigenvalue weighted by Gasteiger charge is 2.29. The summed E-state index contributed by atoms with van der Waals surface area (Å²) in [6.45, 7) is 8.93. The van der Waals surface area contributed by atoms with E-state index in [2.05, 4.69) is 36.1 Å². The molecule has 0 unspecified atom stereocenters. The van der Waals surface area contributed by atoms with Crippen molar-refractivity contribution in [1.82, 2.24) is 9.97 Å². The molecule has 0 aliphatic heterocycles. The highest BCUT2D eigenvalue weighted by molar-refractivity contribution is 5.71. The second-order valence-electron chi connectivity index (χ2n) is 7.52. The number of aromatic nitrogens is 2. The van der Waals surface area contributed by atoms with Crippen LogP contribution in [0, 0.1) is 11.3 Å². The summed E-state index contributed by atoms with van der Waals surface area (Å²) in [6.07, 6.45) is 7.40. The summed E-state index contributed by atoms with van der Waals surface area (Å²) in [5, 5.41) is 3.46. The Morgan fingerprint density at radius 3 is 2.57 bits per heavy atom. The van der Waals surface area contributed by atoms with E-state index in [0.717, 1.165) is 31.0 Å². The summed E-state index contributed by atoms with van der Waals surface area (Å²) in [4.78, 5) is 19.8. The van der Waals surface area contributed by atoms with Crippen molar-refractivity contribution in [3.05, 3.63) is 12.4 Å². The molecule has 0 spiro atoms. The van der Waals surface area contributed by atoms with Gasteiger partial charge in [-0.2, -0.15) is 0 Å². The van der Waals surface area contributed by atoms with Crippen molar-refractivity contribution in [1.29, 1.82) is 0 Å². The third-order valence-electron chi connectivity index (χ3n) is 4.62. The van der Waals surface area contributed by atoms with Crippen molar-refractivity contribution in [3.63, 3.8) is 0 Å². The molecule has 0 bridgehead atoms. The molecule has 23 heavy (non-hydrogen) atoms. The number of carbonyl (C=O) groups is 1. The Balaban J connectivity index is 1.88. The van der Waals surface area contributed by atoms with Crippen LogP contribution >= 0.6 is 0 Å². The van der Waals surface area contributed by atoms with Crippen LogP contribution in [0.5, 0.6) is 5.88 Å². The lowest BCUT2D eigenvalue weighted by molar-refractivity contribution is -0.134. The maximum atomic E-state index is 11.5. The summed E-state index contributed by atoms with van der Waals surface area (Å²) in [7, 11) is 0. The van der Waals surface area contributed by atoms with Gasteiger partial charge in [-0.25, -0.2) is 9.97 Å². The number of nitrogens with one attached hydrogen (secondary N) is 1. The molecule has 1 heterocycles. The lowest BCUT2D eigenvalue weighted by atomic mass is 9.71. The first kappa shape index (κ1) is 17.7. The van der Waals surface area contributed by atoms with E-state index in [0.29, 0.717) is 23.8 Å². The van der Waals surface area contributed by atoms with Crippen molar-refractivity contribution in [3.8, 4) is 5.88 Å². The van der Waals surface area contributed by atoms with Gasteiger partial charge in [0.1, 0.15) is 12.1 Å². The quantitative estimate of drug-likeness (QED) is 0.824. The fourth-order valence-electron chi connectivity index (χ4n) is 3.16. The van der Waals surface area contributed by atoms with Crippen LogP contribution in [0.1, 0.15) is 66.2 Å². The Bertz CT molecular complexity index is 517. The lowest BCUT2D eigenvalue weighted by Crippen LogP contribution is -2.31. The zero-order valence-corrected chi connectivity index (χ0v) is 14.8.